The highest BCUT2D eigenvalue weighted by Gasteiger charge is 2.21. The van der Waals surface area contributed by atoms with Crippen LogP contribution in [0.2, 0.25) is 0 Å². The predicted octanol–water partition coefficient (Wildman–Crippen LogP) is 2.29. The molecule has 0 atom stereocenters. The van der Waals surface area contributed by atoms with Crippen molar-refractivity contribution in [1.82, 2.24) is 14.9 Å². The molecule has 1 aromatic heterocycles. The van der Waals surface area contributed by atoms with E-state index >= 15 is 0 Å². The molecule has 3 rings (SSSR count). The lowest BCUT2D eigenvalue weighted by atomic mass is 10.2. The number of ether oxygens (including phenoxy) is 1. The molecule has 0 N–H and O–H groups in total. The van der Waals surface area contributed by atoms with Crippen molar-refractivity contribution in [2.24, 2.45) is 0 Å². The smallest absolute Gasteiger partial charge is 0.222 e. The summed E-state index contributed by atoms with van der Waals surface area (Å²) >= 11 is 0. The van der Waals surface area contributed by atoms with E-state index in [0.717, 1.165) is 49.9 Å². The Labute approximate surface area is 148 Å². The Bertz CT molecular complexity index is 685. The third kappa shape index (κ3) is 4.92. The first-order valence-corrected chi connectivity index (χ1v) is 8.71. The van der Waals surface area contributed by atoms with Gasteiger partial charge in [0, 0.05) is 44.4 Å². The number of hydrogen-bond acceptors (Lipinski definition) is 5. The van der Waals surface area contributed by atoms with Crippen LogP contribution in [0.5, 0.6) is 5.75 Å². The van der Waals surface area contributed by atoms with Crippen LogP contribution in [-0.2, 0) is 4.79 Å². The average molecular weight is 340 g/mol. The second kappa shape index (κ2) is 8.46. The van der Waals surface area contributed by atoms with Crippen LogP contribution in [0, 0.1) is 6.92 Å². The number of amides is 1. The maximum Gasteiger partial charge on any atom is 0.222 e. The number of aryl methyl sites for hydroxylation is 1. The van der Waals surface area contributed by atoms with E-state index in [1.54, 1.807) is 6.33 Å². The van der Waals surface area contributed by atoms with Crippen molar-refractivity contribution >= 4 is 11.7 Å². The molecule has 0 saturated carbocycles. The predicted molar refractivity (Wildman–Crippen MR) is 96.7 cm³/mol. The largest absolute Gasteiger partial charge is 0.494 e. The molecule has 1 saturated heterocycles. The second-order valence-corrected chi connectivity index (χ2v) is 6.15. The number of carbonyl (C=O) groups is 1. The number of piperazine rings is 1. The summed E-state index contributed by atoms with van der Waals surface area (Å²) < 4.78 is 5.64. The second-order valence-electron chi connectivity index (χ2n) is 6.15. The van der Waals surface area contributed by atoms with Crippen LogP contribution in [0.3, 0.4) is 0 Å². The Kier molecular flexibility index (Phi) is 5.82. The molecule has 0 spiro atoms. The number of aromatic nitrogens is 2. The van der Waals surface area contributed by atoms with E-state index in [1.165, 1.54) is 0 Å². The first kappa shape index (κ1) is 17.2. The molecule has 1 fully saturated rings. The van der Waals surface area contributed by atoms with Gasteiger partial charge < -0.3 is 14.5 Å². The summed E-state index contributed by atoms with van der Waals surface area (Å²) in [5, 5.41) is 0. The Morgan fingerprint density at radius 3 is 2.60 bits per heavy atom. The summed E-state index contributed by atoms with van der Waals surface area (Å²) in [6, 6.07) is 11.7. The Balaban J connectivity index is 1.38. The normalized spacial score (nSPS) is 14.4. The van der Waals surface area contributed by atoms with Gasteiger partial charge in [0.05, 0.1) is 6.61 Å². The van der Waals surface area contributed by atoms with Crippen LogP contribution in [0.25, 0.3) is 0 Å². The van der Waals surface area contributed by atoms with Crippen molar-refractivity contribution in [3.8, 4) is 5.75 Å². The van der Waals surface area contributed by atoms with Gasteiger partial charge in [-0.1, -0.05) is 18.2 Å². The van der Waals surface area contributed by atoms with Gasteiger partial charge in [-0.05, 0) is 25.5 Å². The van der Waals surface area contributed by atoms with Crippen LogP contribution in [0.15, 0.2) is 42.7 Å². The maximum atomic E-state index is 12.3. The summed E-state index contributed by atoms with van der Waals surface area (Å²) in [7, 11) is 0. The lowest BCUT2D eigenvalue weighted by Crippen LogP contribution is -2.49. The van der Waals surface area contributed by atoms with Crippen molar-refractivity contribution in [2.75, 3.05) is 37.7 Å². The van der Waals surface area contributed by atoms with Gasteiger partial charge in [-0.3, -0.25) is 4.79 Å². The van der Waals surface area contributed by atoms with E-state index in [9.17, 15) is 4.79 Å². The van der Waals surface area contributed by atoms with Crippen molar-refractivity contribution in [3.05, 3.63) is 48.4 Å². The molecule has 2 heterocycles. The molecular formula is C19H24N4O2. The number of benzene rings is 1. The van der Waals surface area contributed by atoms with Crippen LogP contribution >= 0.6 is 0 Å². The molecule has 25 heavy (non-hydrogen) atoms. The SMILES string of the molecule is Cc1cc(N2CCN(C(=O)CCCOc3ccccc3)CC2)ncn1. The van der Waals surface area contributed by atoms with Crippen LogP contribution in [0.1, 0.15) is 18.5 Å². The van der Waals surface area contributed by atoms with E-state index in [1.807, 2.05) is 48.2 Å². The van der Waals surface area contributed by atoms with Crippen LogP contribution in [-0.4, -0.2) is 53.6 Å². The van der Waals surface area contributed by atoms with E-state index in [-0.39, 0.29) is 5.91 Å². The van der Waals surface area contributed by atoms with Gasteiger partial charge in [0.25, 0.3) is 0 Å². The molecule has 6 nitrogen and oxygen atoms in total. The molecule has 132 valence electrons. The fourth-order valence-electron chi connectivity index (χ4n) is 2.89. The van der Waals surface area contributed by atoms with Gasteiger partial charge in [-0.2, -0.15) is 0 Å². The molecule has 1 aromatic carbocycles. The highest BCUT2D eigenvalue weighted by molar-refractivity contribution is 5.76. The van der Waals surface area contributed by atoms with Gasteiger partial charge in [-0.25, -0.2) is 9.97 Å². The molecule has 0 bridgehead atoms. The fourth-order valence-corrected chi connectivity index (χ4v) is 2.89. The van der Waals surface area contributed by atoms with Crippen molar-refractivity contribution in [1.29, 1.82) is 0 Å². The van der Waals surface area contributed by atoms with Gasteiger partial charge >= 0.3 is 0 Å². The zero-order valence-electron chi connectivity index (χ0n) is 14.6. The van der Waals surface area contributed by atoms with Crippen LogP contribution in [0.4, 0.5) is 5.82 Å². The minimum Gasteiger partial charge on any atom is -0.494 e. The third-order valence-corrected chi connectivity index (χ3v) is 4.29. The molecular weight excluding hydrogens is 316 g/mol. The zero-order chi connectivity index (χ0) is 17.5. The topological polar surface area (TPSA) is 58.6 Å². The molecule has 1 amide bonds. The number of hydrogen-bond donors (Lipinski definition) is 0. The minimum atomic E-state index is 0.204. The summed E-state index contributed by atoms with van der Waals surface area (Å²) in [5.74, 6) is 2.00. The minimum absolute atomic E-state index is 0.204. The number of carbonyl (C=O) groups excluding carboxylic acids is 1. The molecule has 1 aliphatic heterocycles. The lowest BCUT2D eigenvalue weighted by Gasteiger charge is -2.35. The third-order valence-electron chi connectivity index (χ3n) is 4.29. The van der Waals surface area contributed by atoms with Crippen molar-refractivity contribution in [3.63, 3.8) is 0 Å². The van der Waals surface area contributed by atoms with E-state index in [4.69, 9.17) is 4.74 Å². The highest BCUT2D eigenvalue weighted by atomic mass is 16.5. The highest BCUT2D eigenvalue weighted by Crippen LogP contribution is 2.14. The van der Waals surface area contributed by atoms with E-state index < -0.39 is 0 Å². The summed E-state index contributed by atoms with van der Waals surface area (Å²) in [6.07, 6.45) is 2.85. The Morgan fingerprint density at radius 1 is 1.12 bits per heavy atom. The number of anilines is 1. The zero-order valence-corrected chi connectivity index (χ0v) is 14.6. The number of nitrogens with zero attached hydrogens (tertiary/aromatic N) is 4. The molecule has 1 aliphatic rings. The standard InChI is InChI=1S/C19H24N4O2/c1-16-14-18(21-15-20-16)22-9-11-23(12-10-22)19(24)8-5-13-25-17-6-3-2-4-7-17/h2-4,6-7,14-15H,5,8-13H2,1H3. The van der Waals surface area contributed by atoms with Crippen molar-refractivity contribution < 1.29 is 9.53 Å². The van der Waals surface area contributed by atoms with Gasteiger partial charge in [0.1, 0.15) is 17.9 Å². The van der Waals surface area contributed by atoms with Gasteiger partial charge in [0.15, 0.2) is 0 Å². The van der Waals surface area contributed by atoms with E-state index in [2.05, 4.69) is 14.9 Å². The molecule has 0 unspecified atom stereocenters. The maximum absolute atomic E-state index is 12.3. The number of rotatable bonds is 6. The fraction of sp³-hybridized carbons (Fsp3) is 0.421. The number of para-hydroxylation sites is 1. The van der Waals surface area contributed by atoms with E-state index in [0.29, 0.717) is 13.0 Å². The Morgan fingerprint density at radius 2 is 1.88 bits per heavy atom. The molecule has 0 aliphatic carbocycles. The summed E-state index contributed by atoms with van der Waals surface area (Å²) in [4.78, 5) is 24.9. The molecule has 6 heteroatoms. The van der Waals surface area contributed by atoms with Gasteiger partial charge in [0.2, 0.25) is 5.91 Å². The first-order chi connectivity index (χ1) is 12.2. The first-order valence-electron chi connectivity index (χ1n) is 8.71. The molecule has 0 radical (unpaired) electrons. The average Bonchev–Trinajstić information content (AvgIpc) is 2.66. The van der Waals surface area contributed by atoms with Gasteiger partial charge in [-0.15, -0.1) is 0 Å². The van der Waals surface area contributed by atoms with Crippen molar-refractivity contribution in [2.45, 2.75) is 19.8 Å². The lowest BCUT2D eigenvalue weighted by molar-refractivity contribution is -0.131. The van der Waals surface area contributed by atoms with Crippen LogP contribution < -0.4 is 9.64 Å². The monoisotopic (exact) mass is 340 g/mol. The Hall–Kier alpha value is -2.63. The quantitative estimate of drug-likeness (QED) is 0.755. The summed E-state index contributed by atoms with van der Waals surface area (Å²) in [6.45, 7) is 5.62. The summed E-state index contributed by atoms with van der Waals surface area (Å²) in [5.41, 5.74) is 0.960. The molecule has 2 aromatic rings.